The summed E-state index contributed by atoms with van der Waals surface area (Å²) in [6.07, 6.45) is 3.70. The van der Waals surface area contributed by atoms with Gasteiger partial charge in [0.15, 0.2) is 0 Å². The van der Waals surface area contributed by atoms with Crippen LogP contribution < -0.4 is 4.90 Å². The molecule has 0 aliphatic heterocycles. The largest absolute Gasteiger partial charge is 0.360 e. The molecule has 0 unspecified atom stereocenters. The standard InChI is InChI=1S/C38H31N3/c1-4-14-30(15-5-1)37(31-16-6-2-7-17-31)38(32-18-8-3-9-19-32)33-22-24-36(25-23-33)41(28-34-20-10-12-26-39-34)29-35-21-11-13-27-40-35/h1-27H,28-29H2. The first kappa shape index (κ1) is 26.0. The Labute approximate surface area is 242 Å². The van der Waals surface area contributed by atoms with E-state index in [9.17, 15) is 0 Å². The van der Waals surface area contributed by atoms with Crippen LogP contribution in [0.1, 0.15) is 33.6 Å². The Morgan fingerprint density at radius 1 is 0.390 bits per heavy atom. The van der Waals surface area contributed by atoms with E-state index in [4.69, 9.17) is 0 Å². The van der Waals surface area contributed by atoms with E-state index in [1.54, 1.807) is 0 Å². The number of hydrogen-bond donors (Lipinski definition) is 0. The molecule has 6 rings (SSSR count). The molecule has 3 heteroatoms. The summed E-state index contributed by atoms with van der Waals surface area (Å²) < 4.78 is 0. The van der Waals surface area contributed by atoms with Gasteiger partial charge in [0, 0.05) is 18.1 Å². The highest BCUT2D eigenvalue weighted by atomic mass is 15.1. The summed E-state index contributed by atoms with van der Waals surface area (Å²) in [5.74, 6) is 0. The molecule has 0 spiro atoms. The number of hydrogen-bond acceptors (Lipinski definition) is 3. The van der Waals surface area contributed by atoms with Crippen LogP contribution in [0.3, 0.4) is 0 Å². The van der Waals surface area contributed by atoms with Crippen molar-refractivity contribution in [3.63, 3.8) is 0 Å². The maximum Gasteiger partial charge on any atom is 0.0606 e. The molecule has 0 bridgehead atoms. The van der Waals surface area contributed by atoms with E-state index in [-0.39, 0.29) is 0 Å². The zero-order chi connectivity index (χ0) is 27.7. The molecule has 0 aliphatic carbocycles. The Hall–Kier alpha value is -5.28. The molecule has 0 radical (unpaired) electrons. The Kier molecular flexibility index (Phi) is 8.05. The van der Waals surface area contributed by atoms with E-state index in [1.807, 2.05) is 36.7 Å². The van der Waals surface area contributed by atoms with Gasteiger partial charge in [0.05, 0.1) is 24.5 Å². The Bertz CT molecular complexity index is 1600. The predicted octanol–water partition coefficient (Wildman–Crippen LogP) is 8.69. The summed E-state index contributed by atoms with van der Waals surface area (Å²) in [6, 6.07) is 53.1. The normalized spacial score (nSPS) is 10.6. The van der Waals surface area contributed by atoms with Gasteiger partial charge in [-0.2, -0.15) is 0 Å². The molecule has 6 aromatic rings. The molecule has 4 aromatic carbocycles. The fourth-order valence-electron chi connectivity index (χ4n) is 5.18. The highest BCUT2D eigenvalue weighted by Gasteiger charge is 2.17. The predicted molar refractivity (Wildman–Crippen MR) is 169 cm³/mol. The molecule has 0 aliphatic rings. The third-order valence-electron chi connectivity index (χ3n) is 7.12. The minimum atomic E-state index is 0.692. The topological polar surface area (TPSA) is 29.0 Å². The molecule has 0 saturated heterocycles. The molecule has 2 heterocycles. The molecule has 0 atom stereocenters. The van der Waals surface area contributed by atoms with Crippen molar-refractivity contribution in [2.45, 2.75) is 13.1 Å². The van der Waals surface area contributed by atoms with Gasteiger partial charge in [-0.05, 0) is 69.8 Å². The van der Waals surface area contributed by atoms with Crippen LogP contribution in [-0.4, -0.2) is 9.97 Å². The monoisotopic (exact) mass is 529 g/mol. The summed E-state index contributed by atoms with van der Waals surface area (Å²) in [5.41, 5.74) is 10.3. The Morgan fingerprint density at radius 3 is 1.12 bits per heavy atom. The summed E-state index contributed by atoms with van der Waals surface area (Å²) in [6.45, 7) is 1.38. The average Bonchev–Trinajstić information content (AvgIpc) is 3.06. The Balaban J connectivity index is 1.46. The van der Waals surface area contributed by atoms with Gasteiger partial charge < -0.3 is 4.90 Å². The number of aromatic nitrogens is 2. The van der Waals surface area contributed by atoms with Crippen LogP contribution >= 0.6 is 0 Å². The fourth-order valence-corrected chi connectivity index (χ4v) is 5.18. The van der Waals surface area contributed by atoms with Gasteiger partial charge in [0.25, 0.3) is 0 Å². The van der Waals surface area contributed by atoms with Crippen molar-refractivity contribution in [2.24, 2.45) is 0 Å². The van der Waals surface area contributed by atoms with Crippen molar-refractivity contribution in [2.75, 3.05) is 4.90 Å². The molecule has 0 fully saturated rings. The Morgan fingerprint density at radius 2 is 0.756 bits per heavy atom. The third kappa shape index (κ3) is 6.32. The van der Waals surface area contributed by atoms with E-state index in [1.165, 1.54) is 33.4 Å². The van der Waals surface area contributed by atoms with E-state index < -0.39 is 0 Å². The maximum absolute atomic E-state index is 4.59. The van der Waals surface area contributed by atoms with Crippen molar-refractivity contribution < 1.29 is 0 Å². The van der Waals surface area contributed by atoms with Crippen LogP contribution in [0.5, 0.6) is 0 Å². The molecule has 2 aromatic heterocycles. The molecule has 3 nitrogen and oxygen atoms in total. The van der Waals surface area contributed by atoms with Crippen LogP contribution in [0, 0.1) is 0 Å². The molecule has 0 amide bonds. The summed E-state index contributed by atoms with van der Waals surface area (Å²) in [5, 5.41) is 0. The quantitative estimate of drug-likeness (QED) is 0.175. The number of rotatable bonds is 9. The van der Waals surface area contributed by atoms with Gasteiger partial charge >= 0.3 is 0 Å². The smallest absolute Gasteiger partial charge is 0.0606 e. The zero-order valence-electron chi connectivity index (χ0n) is 22.8. The molecule has 198 valence electrons. The van der Waals surface area contributed by atoms with Crippen LogP contribution in [0.2, 0.25) is 0 Å². The van der Waals surface area contributed by atoms with Crippen molar-refractivity contribution >= 4 is 16.8 Å². The van der Waals surface area contributed by atoms with Crippen molar-refractivity contribution in [3.8, 4) is 0 Å². The fraction of sp³-hybridized carbons (Fsp3) is 0.0526. The van der Waals surface area contributed by atoms with Gasteiger partial charge in [0.2, 0.25) is 0 Å². The van der Waals surface area contributed by atoms with E-state index >= 15 is 0 Å². The first-order valence-electron chi connectivity index (χ1n) is 13.9. The van der Waals surface area contributed by atoms with Crippen LogP contribution in [-0.2, 0) is 13.1 Å². The lowest BCUT2D eigenvalue weighted by molar-refractivity contribution is 0.765. The van der Waals surface area contributed by atoms with Crippen LogP contribution in [0.25, 0.3) is 11.1 Å². The zero-order valence-corrected chi connectivity index (χ0v) is 22.8. The number of benzene rings is 4. The minimum absolute atomic E-state index is 0.692. The second kappa shape index (κ2) is 12.7. The van der Waals surface area contributed by atoms with E-state index in [0.717, 1.165) is 17.1 Å². The highest BCUT2D eigenvalue weighted by molar-refractivity contribution is 6.04. The maximum atomic E-state index is 4.59. The van der Waals surface area contributed by atoms with Gasteiger partial charge in [-0.3, -0.25) is 9.97 Å². The van der Waals surface area contributed by atoms with Gasteiger partial charge in [-0.1, -0.05) is 115 Å². The molecule has 0 N–H and O–H groups in total. The first-order chi connectivity index (χ1) is 20.3. The minimum Gasteiger partial charge on any atom is -0.360 e. The molecule has 0 saturated carbocycles. The van der Waals surface area contributed by atoms with Crippen molar-refractivity contribution in [3.05, 3.63) is 198 Å². The summed E-state index contributed by atoms with van der Waals surface area (Å²) in [7, 11) is 0. The van der Waals surface area contributed by atoms with Gasteiger partial charge in [-0.15, -0.1) is 0 Å². The number of nitrogens with zero attached hydrogens (tertiary/aromatic N) is 3. The molecule has 41 heavy (non-hydrogen) atoms. The van der Waals surface area contributed by atoms with Crippen LogP contribution in [0.15, 0.2) is 164 Å². The number of anilines is 1. The summed E-state index contributed by atoms with van der Waals surface area (Å²) in [4.78, 5) is 11.5. The SMILES string of the molecule is c1ccc(C(=C(c2ccccc2)c2ccc(N(Cc3ccccn3)Cc3ccccn3)cc2)c2ccccc2)cc1. The van der Waals surface area contributed by atoms with Gasteiger partial charge in [-0.25, -0.2) is 0 Å². The summed E-state index contributed by atoms with van der Waals surface area (Å²) >= 11 is 0. The van der Waals surface area contributed by atoms with Crippen molar-refractivity contribution in [1.82, 2.24) is 9.97 Å². The lowest BCUT2D eigenvalue weighted by atomic mass is 9.86. The molecular weight excluding hydrogens is 498 g/mol. The lowest BCUT2D eigenvalue weighted by Gasteiger charge is -2.25. The number of pyridine rings is 2. The average molecular weight is 530 g/mol. The highest BCUT2D eigenvalue weighted by Crippen LogP contribution is 2.37. The lowest BCUT2D eigenvalue weighted by Crippen LogP contribution is -2.23. The van der Waals surface area contributed by atoms with E-state index in [0.29, 0.717) is 13.1 Å². The van der Waals surface area contributed by atoms with Gasteiger partial charge in [0.1, 0.15) is 0 Å². The second-order valence-corrected chi connectivity index (χ2v) is 9.89. The van der Waals surface area contributed by atoms with Crippen molar-refractivity contribution in [1.29, 1.82) is 0 Å². The molecular formula is C38H31N3. The van der Waals surface area contributed by atoms with Crippen LogP contribution in [0.4, 0.5) is 5.69 Å². The third-order valence-corrected chi connectivity index (χ3v) is 7.12. The first-order valence-corrected chi connectivity index (χ1v) is 13.9. The second-order valence-electron chi connectivity index (χ2n) is 9.89. The van der Waals surface area contributed by atoms with E-state index in [2.05, 4.69) is 142 Å².